The van der Waals surface area contributed by atoms with Crippen molar-refractivity contribution in [2.75, 3.05) is 13.2 Å². The molecule has 1 fully saturated rings. The van der Waals surface area contributed by atoms with Crippen molar-refractivity contribution in [3.05, 3.63) is 40.4 Å². The molecule has 1 aliphatic rings. The summed E-state index contributed by atoms with van der Waals surface area (Å²) in [6.45, 7) is 9.06. The number of hydrogen-bond acceptors (Lipinski definition) is 5. The molecular formula is C20H28N4O3. The van der Waals surface area contributed by atoms with Crippen molar-refractivity contribution in [2.24, 2.45) is 11.1 Å². The van der Waals surface area contributed by atoms with Gasteiger partial charge in [-0.2, -0.15) is 0 Å². The molecule has 0 radical (unpaired) electrons. The number of amides is 1. The van der Waals surface area contributed by atoms with E-state index in [1.54, 1.807) is 23.1 Å². The van der Waals surface area contributed by atoms with Crippen LogP contribution in [0.25, 0.3) is 10.9 Å². The SMILES string of the molecule is CCOC1CC(N)(C(=O)N(CC)Cc2nc3ccccc3c(=O)[nH]2)C1(C)C. The average molecular weight is 372 g/mol. The van der Waals surface area contributed by atoms with E-state index in [1.165, 1.54) is 0 Å². The summed E-state index contributed by atoms with van der Waals surface area (Å²) in [4.78, 5) is 34.4. The van der Waals surface area contributed by atoms with Crippen LogP contribution in [-0.4, -0.2) is 45.6 Å². The van der Waals surface area contributed by atoms with Crippen LogP contribution in [0.15, 0.2) is 29.1 Å². The molecule has 1 saturated carbocycles. The fraction of sp³-hybridized carbons (Fsp3) is 0.550. The van der Waals surface area contributed by atoms with E-state index in [0.29, 0.717) is 36.3 Å². The van der Waals surface area contributed by atoms with Gasteiger partial charge in [0.1, 0.15) is 11.4 Å². The van der Waals surface area contributed by atoms with Gasteiger partial charge in [0.05, 0.1) is 23.6 Å². The van der Waals surface area contributed by atoms with E-state index in [0.717, 1.165) is 0 Å². The summed E-state index contributed by atoms with van der Waals surface area (Å²) >= 11 is 0. The number of likely N-dealkylation sites (N-methyl/N-ethyl adjacent to an activating group) is 1. The van der Waals surface area contributed by atoms with Crippen molar-refractivity contribution in [2.45, 2.75) is 52.3 Å². The normalized spacial score (nSPS) is 23.8. The smallest absolute Gasteiger partial charge is 0.258 e. The molecule has 3 rings (SSSR count). The Bertz CT molecular complexity index is 907. The van der Waals surface area contributed by atoms with Crippen molar-refractivity contribution < 1.29 is 9.53 Å². The van der Waals surface area contributed by atoms with E-state index >= 15 is 0 Å². The zero-order valence-electron chi connectivity index (χ0n) is 16.4. The molecule has 1 heterocycles. The highest BCUT2D eigenvalue weighted by Gasteiger charge is 2.63. The summed E-state index contributed by atoms with van der Waals surface area (Å²) in [5.41, 5.74) is 5.49. The van der Waals surface area contributed by atoms with E-state index < -0.39 is 11.0 Å². The van der Waals surface area contributed by atoms with Gasteiger partial charge >= 0.3 is 0 Å². The molecule has 0 spiro atoms. The first-order chi connectivity index (χ1) is 12.7. The van der Waals surface area contributed by atoms with E-state index in [-0.39, 0.29) is 24.1 Å². The maximum Gasteiger partial charge on any atom is 0.258 e. The Balaban J connectivity index is 1.84. The van der Waals surface area contributed by atoms with Crippen molar-refractivity contribution in [1.29, 1.82) is 0 Å². The van der Waals surface area contributed by atoms with Gasteiger partial charge in [-0.05, 0) is 26.0 Å². The Labute approximate surface area is 158 Å². The Kier molecular flexibility index (Phi) is 5.10. The summed E-state index contributed by atoms with van der Waals surface area (Å²) in [5.74, 6) is 0.317. The highest BCUT2D eigenvalue weighted by molar-refractivity contribution is 5.89. The Morgan fingerprint density at radius 2 is 2.07 bits per heavy atom. The molecule has 2 unspecified atom stereocenters. The molecule has 0 bridgehead atoms. The highest BCUT2D eigenvalue weighted by atomic mass is 16.5. The molecule has 1 aliphatic carbocycles. The maximum atomic E-state index is 13.2. The van der Waals surface area contributed by atoms with Crippen LogP contribution < -0.4 is 11.3 Å². The van der Waals surface area contributed by atoms with Gasteiger partial charge in [-0.25, -0.2) is 4.98 Å². The summed E-state index contributed by atoms with van der Waals surface area (Å²) < 4.78 is 5.72. The van der Waals surface area contributed by atoms with Crippen molar-refractivity contribution in [1.82, 2.24) is 14.9 Å². The van der Waals surface area contributed by atoms with Gasteiger partial charge in [-0.1, -0.05) is 26.0 Å². The van der Waals surface area contributed by atoms with Crippen molar-refractivity contribution in [3.8, 4) is 0 Å². The third-order valence-electron chi connectivity index (χ3n) is 5.88. The van der Waals surface area contributed by atoms with Gasteiger partial charge in [0.15, 0.2) is 0 Å². The predicted molar refractivity (Wildman–Crippen MR) is 104 cm³/mol. The molecule has 27 heavy (non-hydrogen) atoms. The zero-order chi connectivity index (χ0) is 19.8. The number of hydrogen-bond donors (Lipinski definition) is 2. The van der Waals surface area contributed by atoms with Gasteiger partial charge in [0.2, 0.25) is 5.91 Å². The van der Waals surface area contributed by atoms with Gasteiger partial charge in [-0.3, -0.25) is 9.59 Å². The minimum absolute atomic E-state index is 0.0336. The number of ether oxygens (including phenoxy) is 1. The molecule has 0 aliphatic heterocycles. The minimum atomic E-state index is -0.986. The second-order valence-electron chi connectivity index (χ2n) is 7.69. The number of benzene rings is 1. The van der Waals surface area contributed by atoms with Crippen LogP contribution in [0.2, 0.25) is 0 Å². The van der Waals surface area contributed by atoms with E-state index in [1.807, 2.05) is 33.8 Å². The van der Waals surface area contributed by atoms with Crippen molar-refractivity contribution >= 4 is 16.8 Å². The molecule has 3 N–H and O–H groups in total. The lowest BCUT2D eigenvalue weighted by atomic mass is 9.54. The number of rotatable bonds is 6. The maximum absolute atomic E-state index is 13.2. The lowest BCUT2D eigenvalue weighted by Gasteiger charge is -2.58. The number of nitrogens with zero attached hydrogens (tertiary/aromatic N) is 2. The lowest BCUT2D eigenvalue weighted by molar-refractivity contribution is -0.179. The van der Waals surface area contributed by atoms with Crippen LogP contribution in [0.1, 0.15) is 39.9 Å². The summed E-state index contributed by atoms with van der Waals surface area (Å²) in [5, 5.41) is 0.533. The van der Waals surface area contributed by atoms with E-state index in [9.17, 15) is 9.59 Å². The number of nitrogens with two attached hydrogens (primary N) is 1. The minimum Gasteiger partial charge on any atom is -0.378 e. The Morgan fingerprint density at radius 1 is 1.37 bits per heavy atom. The van der Waals surface area contributed by atoms with Crippen LogP contribution in [0.5, 0.6) is 0 Å². The lowest BCUT2D eigenvalue weighted by Crippen LogP contribution is -2.76. The fourth-order valence-corrected chi connectivity index (χ4v) is 3.80. The second kappa shape index (κ2) is 7.05. The van der Waals surface area contributed by atoms with Crippen molar-refractivity contribution in [3.63, 3.8) is 0 Å². The number of carbonyl (C=O) groups is 1. The molecule has 1 aromatic heterocycles. The van der Waals surface area contributed by atoms with Crippen LogP contribution in [-0.2, 0) is 16.1 Å². The molecule has 1 amide bonds. The van der Waals surface area contributed by atoms with Gasteiger partial charge < -0.3 is 20.4 Å². The molecule has 2 aromatic rings. The highest BCUT2D eigenvalue weighted by Crippen LogP contribution is 2.50. The fourth-order valence-electron chi connectivity index (χ4n) is 3.80. The van der Waals surface area contributed by atoms with Gasteiger partial charge in [0, 0.05) is 25.0 Å². The molecule has 7 nitrogen and oxygen atoms in total. The standard InChI is InChI=1S/C20H28N4O3/c1-5-24(18(26)20(21)11-15(27-6-2)19(20,3)4)12-16-22-14-10-8-7-9-13(14)17(25)23-16/h7-10,15H,5-6,11-12,21H2,1-4H3,(H,22,23,25). The summed E-state index contributed by atoms with van der Waals surface area (Å²) in [7, 11) is 0. The average Bonchev–Trinajstić information content (AvgIpc) is 2.65. The number of aromatic nitrogens is 2. The zero-order valence-corrected chi connectivity index (χ0v) is 16.4. The topological polar surface area (TPSA) is 101 Å². The number of para-hydroxylation sites is 1. The monoisotopic (exact) mass is 372 g/mol. The van der Waals surface area contributed by atoms with Gasteiger partial charge in [0.25, 0.3) is 5.56 Å². The van der Waals surface area contributed by atoms with Crippen LogP contribution in [0.4, 0.5) is 0 Å². The quantitative estimate of drug-likeness (QED) is 0.805. The molecule has 2 atom stereocenters. The number of H-pyrrole nitrogens is 1. The molecule has 1 aromatic carbocycles. The number of fused-ring (bicyclic) bond motifs is 1. The number of aromatic amines is 1. The van der Waals surface area contributed by atoms with Crippen LogP contribution in [0, 0.1) is 5.41 Å². The van der Waals surface area contributed by atoms with Crippen LogP contribution >= 0.6 is 0 Å². The summed E-state index contributed by atoms with van der Waals surface area (Å²) in [6.07, 6.45) is 0.457. The summed E-state index contributed by atoms with van der Waals surface area (Å²) in [6, 6.07) is 7.15. The number of carbonyl (C=O) groups excluding carboxylic acids is 1. The predicted octanol–water partition coefficient (Wildman–Crippen LogP) is 1.80. The van der Waals surface area contributed by atoms with E-state index in [4.69, 9.17) is 10.5 Å². The van der Waals surface area contributed by atoms with Crippen LogP contribution in [0.3, 0.4) is 0 Å². The third kappa shape index (κ3) is 3.15. The first-order valence-electron chi connectivity index (χ1n) is 9.42. The first kappa shape index (κ1) is 19.5. The van der Waals surface area contributed by atoms with Gasteiger partial charge in [-0.15, -0.1) is 0 Å². The first-order valence-corrected chi connectivity index (χ1v) is 9.42. The molecule has 0 saturated heterocycles. The van der Waals surface area contributed by atoms with E-state index in [2.05, 4.69) is 9.97 Å². The molecule has 146 valence electrons. The number of nitrogens with one attached hydrogen (secondary N) is 1. The largest absolute Gasteiger partial charge is 0.378 e. The third-order valence-corrected chi connectivity index (χ3v) is 5.88. The molecular weight excluding hydrogens is 344 g/mol. The molecule has 7 heteroatoms. The second-order valence-corrected chi connectivity index (χ2v) is 7.69. The Hall–Kier alpha value is -2.25. The Morgan fingerprint density at radius 3 is 2.70 bits per heavy atom.